The van der Waals surface area contributed by atoms with Gasteiger partial charge in [-0.1, -0.05) is 63.8 Å². The molecule has 5 heteroatoms. The zero-order valence-electron chi connectivity index (χ0n) is 17.9. The van der Waals surface area contributed by atoms with Gasteiger partial charge in [-0.05, 0) is 36.8 Å². The van der Waals surface area contributed by atoms with Gasteiger partial charge in [0.05, 0.1) is 17.5 Å². The summed E-state index contributed by atoms with van der Waals surface area (Å²) in [6.45, 7) is 13.6. The van der Waals surface area contributed by atoms with Crippen molar-refractivity contribution in [2.75, 3.05) is 0 Å². The molecule has 0 aliphatic rings. The van der Waals surface area contributed by atoms with Crippen molar-refractivity contribution in [3.05, 3.63) is 96.7 Å². The van der Waals surface area contributed by atoms with Crippen molar-refractivity contribution in [1.29, 1.82) is 0 Å². The smallest absolute Gasteiger partial charge is 0.153 e. The normalized spacial score (nSPS) is 11.7. The van der Waals surface area contributed by atoms with Crippen molar-refractivity contribution in [3.63, 3.8) is 0 Å². The van der Waals surface area contributed by atoms with E-state index in [2.05, 4.69) is 32.1 Å². The van der Waals surface area contributed by atoms with Gasteiger partial charge in [0.2, 0.25) is 0 Å². The van der Waals surface area contributed by atoms with Gasteiger partial charge in [-0.15, -0.1) is 0 Å². The third kappa shape index (κ3) is 7.17. The number of nitrogens with zero attached hydrogens (tertiary/aromatic N) is 2. The zero-order chi connectivity index (χ0) is 22.5. The highest BCUT2D eigenvalue weighted by Crippen LogP contribution is 2.27. The van der Waals surface area contributed by atoms with Gasteiger partial charge in [-0.25, -0.2) is 9.07 Å². The van der Waals surface area contributed by atoms with Crippen LogP contribution in [0, 0.1) is 5.82 Å². The number of aldehydes is 1. The lowest BCUT2D eigenvalue weighted by atomic mass is 10.1. The van der Waals surface area contributed by atoms with Crippen LogP contribution in [0.1, 0.15) is 44.0 Å². The predicted octanol–water partition coefficient (Wildman–Crippen LogP) is 6.31. The molecule has 2 aromatic rings. The van der Waals surface area contributed by atoms with Gasteiger partial charge in [0.25, 0.3) is 0 Å². The van der Waals surface area contributed by atoms with E-state index in [4.69, 9.17) is 5.73 Å². The molecule has 0 fully saturated rings. The molecule has 0 saturated heterocycles. The number of halogens is 1. The van der Waals surface area contributed by atoms with E-state index >= 15 is 0 Å². The van der Waals surface area contributed by atoms with E-state index in [1.54, 1.807) is 42.5 Å². The lowest BCUT2D eigenvalue weighted by molar-refractivity contribution is 0.112. The number of carbonyl (C=O) groups excluding carboxylic acids is 1. The van der Waals surface area contributed by atoms with Crippen LogP contribution >= 0.6 is 0 Å². The molecule has 0 radical (unpaired) electrons. The second kappa shape index (κ2) is 12.9. The Morgan fingerprint density at radius 2 is 1.93 bits per heavy atom. The Morgan fingerprint density at radius 3 is 2.53 bits per heavy atom. The summed E-state index contributed by atoms with van der Waals surface area (Å²) in [5.41, 5.74) is 9.21. The highest BCUT2D eigenvalue weighted by molar-refractivity contribution is 5.87. The van der Waals surface area contributed by atoms with Crippen molar-refractivity contribution in [3.8, 4) is 11.3 Å². The van der Waals surface area contributed by atoms with Crippen LogP contribution in [0.3, 0.4) is 0 Å². The summed E-state index contributed by atoms with van der Waals surface area (Å²) in [4.78, 5) is 11.4. The van der Waals surface area contributed by atoms with E-state index < -0.39 is 5.82 Å². The number of rotatable bonds is 8. The minimum atomic E-state index is -0.421. The molecule has 1 aromatic heterocycles. The number of hydrogen-bond acceptors (Lipinski definition) is 3. The minimum Gasteiger partial charge on any atom is -0.402 e. The monoisotopic (exact) mass is 407 g/mol. The zero-order valence-corrected chi connectivity index (χ0v) is 17.9. The number of aromatic nitrogens is 2. The van der Waals surface area contributed by atoms with Crippen molar-refractivity contribution in [1.82, 2.24) is 9.78 Å². The molecular weight excluding hydrogens is 377 g/mol. The van der Waals surface area contributed by atoms with Crippen LogP contribution in [-0.4, -0.2) is 16.1 Å². The first-order valence-corrected chi connectivity index (χ1v) is 9.77. The number of carbonyl (C=O) groups is 1. The molecule has 1 aromatic carbocycles. The molecule has 2 N–H and O–H groups in total. The SMILES string of the molecule is C=C/C=C\C(=C)C/C(N)=C/C=C(\C)n1ncc(C=O)c1-c1ccccc1F.CCC. The second-order valence-electron chi connectivity index (χ2n) is 6.64. The fourth-order valence-electron chi connectivity index (χ4n) is 2.52. The van der Waals surface area contributed by atoms with Gasteiger partial charge < -0.3 is 5.73 Å². The Balaban J connectivity index is 0.00000141. The van der Waals surface area contributed by atoms with Gasteiger partial charge in [0.15, 0.2) is 6.29 Å². The average Bonchev–Trinajstić information content (AvgIpc) is 3.15. The summed E-state index contributed by atoms with van der Waals surface area (Å²) in [6.07, 6.45) is 12.7. The van der Waals surface area contributed by atoms with Gasteiger partial charge in [-0.2, -0.15) is 5.10 Å². The number of benzene rings is 1. The summed E-state index contributed by atoms with van der Waals surface area (Å²) in [5.74, 6) is -0.421. The van der Waals surface area contributed by atoms with Gasteiger partial charge in [0, 0.05) is 23.4 Å². The maximum Gasteiger partial charge on any atom is 0.153 e. The first-order chi connectivity index (χ1) is 14.4. The van der Waals surface area contributed by atoms with E-state index in [1.165, 1.54) is 23.4 Å². The molecular formula is C25H30FN3O. The van der Waals surface area contributed by atoms with Crippen LogP contribution in [0.2, 0.25) is 0 Å². The van der Waals surface area contributed by atoms with Crippen LogP contribution < -0.4 is 5.73 Å². The summed E-state index contributed by atoms with van der Waals surface area (Å²) in [7, 11) is 0. The molecule has 4 nitrogen and oxygen atoms in total. The molecule has 0 atom stereocenters. The standard InChI is InChI=1S/C22H22FN3O.C3H8/c1-4-5-8-16(2)13-19(24)12-11-17(3)26-22(18(15-27)14-25-26)20-9-6-7-10-21(20)23;1-3-2/h4-12,14-15H,1-2,13,24H2,3H3;3H2,1-2H3/b8-5-,17-11+,19-12-;. The van der Waals surface area contributed by atoms with Crippen LogP contribution in [-0.2, 0) is 0 Å². The molecule has 0 spiro atoms. The Hall–Kier alpha value is -3.47. The number of nitrogens with two attached hydrogens (primary N) is 1. The van der Waals surface area contributed by atoms with Crippen LogP contribution in [0.25, 0.3) is 17.0 Å². The molecule has 158 valence electrons. The minimum absolute atomic E-state index is 0.310. The largest absolute Gasteiger partial charge is 0.402 e. The topological polar surface area (TPSA) is 60.9 Å². The highest BCUT2D eigenvalue weighted by atomic mass is 19.1. The van der Waals surface area contributed by atoms with Crippen molar-refractivity contribution in [2.24, 2.45) is 5.73 Å². The van der Waals surface area contributed by atoms with Crippen molar-refractivity contribution >= 4 is 12.0 Å². The molecule has 1 heterocycles. The van der Waals surface area contributed by atoms with E-state index in [-0.39, 0.29) is 0 Å². The van der Waals surface area contributed by atoms with Crippen molar-refractivity contribution < 1.29 is 9.18 Å². The first kappa shape index (κ1) is 24.6. The Morgan fingerprint density at radius 1 is 1.27 bits per heavy atom. The first-order valence-electron chi connectivity index (χ1n) is 9.77. The van der Waals surface area contributed by atoms with E-state index in [0.29, 0.717) is 40.9 Å². The fraction of sp³-hybridized carbons (Fsp3) is 0.200. The summed E-state index contributed by atoms with van der Waals surface area (Å²) in [6, 6.07) is 6.27. The van der Waals surface area contributed by atoms with Gasteiger partial charge >= 0.3 is 0 Å². The molecule has 30 heavy (non-hydrogen) atoms. The van der Waals surface area contributed by atoms with Crippen molar-refractivity contribution in [2.45, 2.75) is 33.6 Å². The second-order valence-corrected chi connectivity index (χ2v) is 6.64. The van der Waals surface area contributed by atoms with Gasteiger partial charge in [-0.3, -0.25) is 4.79 Å². The summed E-state index contributed by atoms with van der Waals surface area (Å²) < 4.78 is 15.8. The van der Waals surface area contributed by atoms with Crippen LogP contribution in [0.4, 0.5) is 4.39 Å². The van der Waals surface area contributed by atoms with E-state index in [9.17, 15) is 9.18 Å². The number of allylic oxidation sites excluding steroid dienone is 7. The summed E-state index contributed by atoms with van der Waals surface area (Å²) >= 11 is 0. The Bertz CT molecular complexity index is 965. The molecule has 2 rings (SSSR count). The maximum absolute atomic E-state index is 14.2. The number of hydrogen-bond donors (Lipinski definition) is 1. The van der Waals surface area contributed by atoms with Crippen LogP contribution in [0.5, 0.6) is 0 Å². The Kier molecular flexibility index (Phi) is 10.6. The maximum atomic E-state index is 14.2. The molecule has 0 bridgehead atoms. The molecule has 0 aliphatic heterocycles. The van der Waals surface area contributed by atoms with Gasteiger partial charge in [0.1, 0.15) is 5.82 Å². The summed E-state index contributed by atoms with van der Waals surface area (Å²) in [5, 5.41) is 4.22. The average molecular weight is 408 g/mol. The lowest BCUT2D eigenvalue weighted by Crippen LogP contribution is -2.02. The quantitative estimate of drug-likeness (QED) is 0.412. The molecule has 0 unspecified atom stereocenters. The lowest BCUT2D eigenvalue weighted by Gasteiger charge is -2.09. The highest BCUT2D eigenvalue weighted by Gasteiger charge is 2.16. The predicted molar refractivity (Wildman–Crippen MR) is 124 cm³/mol. The molecule has 0 amide bonds. The van der Waals surface area contributed by atoms with E-state index in [1.807, 2.05) is 13.0 Å². The Labute approximate surface area is 178 Å². The molecule has 0 saturated carbocycles. The van der Waals surface area contributed by atoms with E-state index in [0.717, 1.165) is 5.57 Å². The third-order valence-electron chi connectivity index (χ3n) is 3.83. The fourth-order valence-corrected chi connectivity index (χ4v) is 2.52. The third-order valence-corrected chi connectivity index (χ3v) is 3.83. The van der Waals surface area contributed by atoms with Crippen LogP contribution in [0.15, 0.2) is 85.3 Å². The molecule has 0 aliphatic carbocycles.